The molecule has 23 rings (SSSR count). The van der Waals surface area contributed by atoms with Gasteiger partial charge in [-0.1, -0.05) is 72.3 Å². The van der Waals surface area contributed by atoms with E-state index in [9.17, 15) is 22.8 Å². The third kappa shape index (κ3) is 19.5. The summed E-state index contributed by atoms with van der Waals surface area (Å²) in [6, 6.07) is 72.9. The lowest BCUT2D eigenvalue weighted by Gasteiger charge is -2.29. The Morgan fingerprint density at radius 1 is 0.351 bits per heavy atom. The summed E-state index contributed by atoms with van der Waals surface area (Å²) < 4.78 is 56.1. The summed E-state index contributed by atoms with van der Waals surface area (Å²) in [5.74, 6) is -0.202. The maximum Gasteiger partial charge on any atom is 0.270 e. The Balaban J connectivity index is 0.000000109. The quantitative estimate of drug-likeness (QED) is 0.0975. The zero-order valence-electron chi connectivity index (χ0n) is 74.6. The van der Waals surface area contributed by atoms with E-state index in [0.29, 0.717) is 52.6 Å². The number of fused-ring (bicyclic) bond motifs is 5. The Kier molecular flexibility index (Phi) is 25.6. The second-order valence-electron chi connectivity index (χ2n) is 34.1. The number of pyridine rings is 10. The summed E-state index contributed by atoms with van der Waals surface area (Å²) in [6.45, 7) is 10.6. The Morgan fingerprint density at radius 3 is 1.09 bits per heavy atom. The van der Waals surface area contributed by atoms with Crippen molar-refractivity contribution < 1.29 is 27.5 Å². The van der Waals surface area contributed by atoms with Crippen LogP contribution in [-0.2, 0) is 4.74 Å². The Labute approximate surface area is 772 Å². The Bertz CT molecular complexity index is 7690. The number of nitrogens with one attached hydrogen (secondary N) is 2. The average Bonchev–Trinajstić information content (AvgIpc) is 1.58. The van der Waals surface area contributed by atoms with E-state index in [1.54, 1.807) is 92.8 Å². The lowest BCUT2D eigenvalue weighted by atomic mass is 9.98. The van der Waals surface area contributed by atoms with Gasteiger partial charge in [0.25, 0.3) is 11.8 Å². The number of aryl methyl sites for hydroxylation is 4. The molecule has 2 aliphatic heterocycles. The number of imidazole rings is 5. The van der Waals surface area contributed by atoms with Gasteiger partial charge in [0.15, 0.2) is 0 Å². The minimum absolute atomic E-state index is 0.108. The fourth-order valence-corrected chi connectivity index (χ4v) is 17.3. The Morgan fingerprint density at radius 2 is 0.709 bits per heavy atom. The van der Waals surface area contributed by atoms with Crippen LogP contribution in [0.25, 0.3) is 140 Å². The molecule has 0 unspecified atom stereocenters. The van der Waals surface area contributed by atoms with E-state index >= 15 is 0 Å². The van der Waals surface area contributed by atoms with E-state index in [0.717, 1.165) is 162 Å². The SMILES string of the molecule is Cc1cc(-c2ncccc2-c2ccc3ncc(C(=O)NC4CCN(C)CC4)n3c2)ccc1F.Cc1cc(-c2ncccc2-c2ccc3ncc(C(=O)NC4CCOCC4)n3c2)ccc1F.Cc1cc(-c2ncccc2-c2ccn3cncc3c2)ccc1F.Cc1cccc(-c2ncccc2-c2ccn3cncc3c2)c1.c1cc(-c2ncccc2-c2ccn3cncc3c2)cc(C2CC2)c1. The van der Waals surface area contributed by atoms with Gasteiger partial charge >= 0.3 is 0 Å². The molecule has 3 fully saturated rings. The van der Waals surface area contributed by atoms with Crippen LogP contribution in [0, 0.1) is 45.1 Å². The molecule has 134 heavy (non-hydrogen) atoms. The summed E-state index contributed by atoms with van der Waals surface area (Å²) >= 11 is 0. The number of nitrogens with zero attached hydrogens (tertiary/aromatic N) is 16. The molecule has 1 aliphatic carbocycles. The maximum atomic E-state index is 13.8. The first-order valence-electron chi connectivity index (χ1n) is 44.8. The van der Waals surface area contributed by atoms with Gasteiger partial charge in [-0.25, -0.2) is 38.1 Å². The van der Waals surface area contributed by atoms with E-state index < -0.39 is 0 Å². The van der Waals surface area contributed by atoms with E-state index in [4.69, 9.17) is 9.72 Å². The van der Waals surface area contributed by atoms with Crippen LogP contribution >= 0.6 is 0 Å². The number of piperidine rings is 1. The number of halogens is 3. The van der Waals surface area contributed by atoms with Crippen LogP contribution in [0.5, 0.6) is 0 Å². The van der Waals surface area contributed by atoms with Crippen molar-refractivity contribution in [2.24, 2.45) is 0 Å². The van der Waals surface area contributed by atoms with Gasteiger partial charge in [-0.2, -0.15) is 0 Å². The molecular formula is C110H95F3N18O3. The zero-order chi connectivity index (χ0) is 91.7. The number of carbonyl (C=O) groups is 2. The lowest BCUT2D eigenvalue weighted by Crippen LogP contribution is -2.43. The average molecular weight is 1770 g/mol. The van der Waals surface area contributed by atoms with Gasteiger partial charge in [0.2, 0.25) is 0 Å². The molecular weight excluding hydrogens is 1680 g/mol. The summed E-state index contributed by atoms with van der Waals surface area (Å²) in [4.78, 5) is 72.5. The summed E-state index contributed by atoms with van der Waals surface area (Å²) in [7, 11) is 2.10. The van der Waals surface area contributed by atoms with Gasteiger partial charge < -0.3 is 33.5 Å². The third-order valence-corrected chi connectivity index (χ3v) is 24.7. The molecule has 0 bridgehead atoms. The minimum atomic E-state index is -0.244. The predicted octanol–water partition coefficient (Wildman–Crippen LogP) is 22.6. The largest absolute Gasteiger partial charge is 0.381 e. The van der Waals surface area contributed by atoms with Crippen LogP contribution < -0.4 is 10.6 Å². The molecule has 24 heteroatoms. The van der Waals surface area contributed by atoms with Crippen molar-refractivity contribution in [2.45, 2.75) is 84.2 Å². The first-order chi connectivity index (χ1) is 65.5. The van der Waals surface area contributed by atoms with Crippen LogP contribution in [0.2, 0.25) is 0 Å². The molecule has 3 aliphatic rings. The summed E-state index contributed by atoms with van der Waals surface area (Å²) in [5, 5.41) is 6.26. The van der Waals surface area contributed by atoms with Gasteiger partial charge in [0.05, 0.1) is 95.0 Å². The van der Waals surface area contributed by atoms with Gasteiger partial charge in [-0.05, 0) is 289 Å². The minimum Gasteiger partial charge on any atom is -0.381 e. The molecule has 0 radical (unpaired) electrons. The Hall–Kier alpha value is -16.1. The zero-order valence-corrected chi connectivity index (χ0v) is 74.6. The number of hydrogen-bond acceptors (Lipinski definition) is 14. The first-order valence-corrected chi connectivity index (χ1v) is 44.8. The van der Waals surface area contributed by atoms with Crippen molar-refractivity contribution in [3.63, 3.8) is 0 Å². The molecule has 0 atom stereocenters. The molecule has 20 aromatic rings. The highest BCUT2D eigenvalue weighted by Crippen LogP contribution is 2.43. The smallest absolute Gasteiger partial charge is 0.270 e. The molecule has 664 valence electrons. The maximum absolute atomic E-state index is 13.8. The van der Waals surface area contributed by atoms with Gasteiger partial charge in [0, 0.05) is 154 Å². The predicted molar refractivity (Wildman–Crippen MR) is 519 cm³/mol. The molecule has 0 spiro atoms. The van der Waals surface area contributed by atoms with Crippen molar-refractivity contribution in [3.05, 3.63) is 393 Å². The van der Waals surface area contributed by atoms with Gasteiger partial charge in [-0.15, -0.1) is 0 Å². The van der Waals surface area contributed by atoms with Crippen LogP contribution in [0.15, 0.2) is 336 Å². The fraction of sp³-hybridized carbons (Fsp3) is 0.164. The van der Waals surface area contributed by atoms with Crippen molar-refractivity contribution in [2.75, 3.05) is 33.4 Å². The van der Waals surface area contributed by atoms with Crippen LogP contribution in [0.1, 0.15) is 93.2 Å². The number of likely N-dealkylation sites (tertiary alicyclic amines) is 1. The number of hydrogen-bond donors (Lipinski definition) is 2. The number of carbonyl (C=O) groups excluding carboxylic acids is 2. The highest BCUT2D eigenvalue weighted by atomic mass is 19.1. The standard InChI is InChI=1S/C26H26FN5O.C25H23FN4O2.C21H17N3.C19H14FN3.C19H15N3/c1-17-14-18(5-7-22(17)27)25-21(4-3-11-28-25)19-6-8-24-29-15-23(32(24)16-19)26(33)30-20-9-12-31(2)13-10-20;1-16-13-17(4-6-21(16)26)24-20(3-2-10-27-24)18-5-7-23-28-14-22(30(23)15-18)25(31)29-19-8-11-32-12-9-19;1-3-16(15-6-7-15)11-18(4-1)21-20(5-2-9-23-21)17-8-10-24-14-22-13-19(24)12-17;1-13-9-15(4-5-18(13)20)19-17(3-2-7-22-19)14-6-8-23-12-21-11-16(23)10-14;1-14-4-2-5-16(10-14)19-18(6-3-8-21-19)15-7-9-22-13-20-12-17(22)11-15/h3-8,11,14-16,20H,9-10,12-13H2,1-2H3,(H,30,33);2-7,10,13-15,19H,8-9,11-12H2,1H3,(H,29,31);1-5,8-15H,6-7H2;2-12H,1H3;2-13H,1H3. The number of amides is 2. The number of aromatic nitrogens is 15. The van der Waals surface area contributed by atoms with Crippen LogP contribution in [-0.4, -0.2) is 134 Å². The van der Waals surface area contributed by atoms with Crippen molar-refractivity contribution in [3.8, 4) is 112 Å². The van der Waals surface area contributed by atoms with Crippen molar-refractivity contribution in [1.82, 2.24) is 87.4 Å². The van der Waals surface area contributed by atoms with Crippen LogP contribution in [0.3, 0.4) is 0 Å². The first kappa shape index (κ1) is 87.3. The second kappa shape index (κ2) is 39.3. The lowest BCUT2D eigenvalue weighted by molar-refractivity contribution is 0.0693. The highest BCUT2D eigenvalue weighted by Gasteiger charge is 2.27. The molecule has 21 nitrogen and oxygen atoms in total. The van der Waals surface area contributed by atoms with Crippen molar-refractivity contribution >= 4 is 39.7 Å². The van der Waals surface area contributed by atoms with Gasteiger partial charge in [0.1, 0.15) is 40.1 Å². The third-order valence-electron chi connectivity index (χ3n) is 24.7. The molecule has 5 aromatic carbocycles. The van der Waals surface area contributed by atoms with E-state index in [2.05, 4.69) is 172 Å². The number of benzene rings is 5. The molecule has 1 saturated carbocycles. The topological polar surface area (TPSA) is 222 Å². The van der Waals surface area contributed by atoms with Gasteiger partial charge in [-0.3, -0.25) is 43.3 Å². The van der Waals surface area contributed by atoms with E-state index in [-0.39, 0.29) is 41.3 Å². The summed E-state index contributed by atoms with van der Waals surface area (Å²) in [5.41, 5.74) is 29.6. The normalized spacial score (nSPS) is 13.4. The monoisotopic (exact) mass is 1770 g/mol. The second-order valence-corrected chi connectivity index (χ2v) is 34.1. The molecule has 2 saturated heterocycles. The van der Waals surface area contributed by atoms with Crippen LogP contribution in [0.4, 0.5) is 13.2 Å². The molecule has 17 heterocycles. The number of rotatable bonds is 15. The molecule has 2 amide bonds. The van der Waals surface area contributed by atoms with E-state index in [1.165, 1.54) is 53.3 Å². The van der Waals surface area contributed by atoms with E-state index in [1.807, 2.05) is 171 Å². The molecule has 15 aromatic heterocycles. The number of ether oxygens (including phenoxy) is 1. The van der Waals surface area contributed by atoms with Crippen molar-refractivity contribution in [1.29, 1.82) is 0 Å². The highest BCUT2D eigenvalue weighted by molar-refractivity contribution is 5.95. The summed E-state index contributed by atoms with van der Waals surface area (Å²) in [6.07, 6.45) is 39.1. The fourth-order valence-electron chi connectivity index (χ4n) is 17.3. The molecule has 2 N–H and O–H groups in total.